The molecule has 42 heavy (non-hydrogen) atoms. The molecule has 0 spiro atoms. The molecule has 0 saturated carbocycles. The van der Waals surface area contributed by atoms with Crippen molar-refractivity contribution in [2.45, 2.75) is 31.6 Å². The summed E-state index contributed by atoms with van der Waals surface area (Å²) in [6.45, 7) is -2.52. The minimum absolute atomic E-state index is 0.100. The van der Waals surface area contributed by atoms with Crippen molar-refractivity contribution < 1.29 is 58.2 Å². The smallest absolute Gasteiger partial charge is 0.433 e. The molecular weight excluding hydrogens is 616 g/mol. The standard InChI is InChI=1S/C25H16ClF10N3O3/c1-2-39(21(41)12-6-8-37-9-7-12)16-5-3-4-14(18(16)27)20(40)38-19-15(26)10-13(11-17(19)42-22(28)29)23(30,24(31,32)33)25(34,35)36/h3-11,22H,2H2,1H3,(H,38,40). The van der Waals surface area contributed by atoms with Crippen LogP contribution in [0.3, 0.4) is 0 Å². The Balaban J connectivity index is 2.07. The van der Waals surface area contributed by atoms with Crippen molar-refractivity contribution in [3.63, 3.8) is 0 Å². The molecule has 17 heteroatoms. The zero-order valence-electron chi connectivity index (χ0n) is 20.8. The summed E-state index contributed by atoms with van der Waals surface area (Å²) >= 11 is 5.72. The van der Waals surface area contributed by atoms with Crippen LogP contribution in [0.4, 0.5) is 55.3 Å². The second kappa shape index (κ2) is 12.0. The average molecular weight is 632 g/mol. The zero-order valence-corrected chi connectivity index (χ0v) is 21.5. The van der Waals surface area contributed by atoms with E-state index in [4.69, 9.17) is 11.6 Å². The van der Waals surface area contributed by atoms with Crippen LogP contribution in [0.15, 0.2) is 54.9 Å². The highest BCUT2D eigenvalue weighted by Crippen LogP contribution is 2.55. The normalized spacial score (nSPS) is 12.3. The van der Waals surface area contributed by atoms with Gasteiger partial charge in [0.1, 0.15) is 5.69 Å². The van der Waals surface area contributed by atoms with Crippen molar-refractivity contribution in [2.24, 2.45) is 0 Å². The molecule has 2 amide bonds. The molecule has 2 aromatic carbocycles. The van der Waals surface area contributed by atoms with E-state index < -0.39 is 75.5 Å². The second-order valence-corrected chi connectivity index (χ2v) is 8.65. The second-order valence-electron chi connectivity index (χ2n) is 8.24. The van der Waals surface area contributed by atoms with Crippen LogP contribution >= 0.6 is 11.6 Å². The Morgan fingerprint density at radius 1 is 1.00 bits per heavy atom. The summed E-state index contributed by atoms with van der Waals surface area (Å²) in [5.41, 5.74) is -10.6. The molecule has 0 aliphatic heterocycles. The van der Waals surface area contributed by atoms with E-state index in [0.717, 1.165) is 23.1 Å². The van der Waals surface area contributed by atoms with Gasteiger partial charge < -0.3 is 15.0 Å². The van der Waals surface area contributed by atoms with Gasteiger partial charge in [0, 0.05) is 30.1 Å². The molecule has 6 nitrogen and oxygen atoms in total. The van der Waals surface area contributed by atoms with Crippen molar-refractivity contribution in [2.75, 3.05) is 16.8 Å². The van der Waals surface area contributed by atoms with Gasteiger partial charge in [0.15, 0.2) is 11.6 Å². The first-order valence-electron chi connectivity index (χ1n) is 11.4. The lowest BCUT2D eigenvalue weighted by Gasteiger charge is -2.31. The minimum atomic E-state index is -6.62. The Morgan fingerprint density at radius 2 is 1.60 bits per heavy atom. The largest absolute Gasteiger partial charge is 0.435 e. The number of hydrogen-bond donors (Lipinski definition) is 1. The van der Waals surface area contributed by atoms with Gasteiger partial charge in [-0.2, -0.15) is 35.1 Å². The van der Waals surface area contributed by atoms with Gasteiger partial charge in [-0.1, -0.05) is 17.7 Å². The van der Waals surface area contributed by atoms with Crippen molar-refractivity contribution in [3.05, 3.63) is 82.4 Å². The number of nitrogens with one attached hydrogen (secondary N) is 1. The van der Waals surface area contributed by atoms with Crippen LogP contribution in [0.25, 0.3) is 0 Å². The molecule has 1 N–H and O–H groups in total. The molecule has 0 atom stereocenters. The van der Waals surface area contributed by atoms with Crippen LogP contribution in [-0.2, 0) is 5.67 Å². The molecule has 0 bridgehead atoms. The fraction of sp³-hybridized carbons (Fsp3) is 0.240. The summed E-state index contributed by atoms with van der Waals surface area (Å²) in [5.74, 6) is -5.10. The van der Waals surface area contributed by atoms with Gasteiger partial charge in [0.2, 0.25) is 0 Å². The lowest BCUT2D eigenvalue weighted by atomic mass is 9.93. The van der Waals surface area contributed by atoms with Gasteiger partial charge in [-0.05, 0) is 43.3 Å². The van der Waals surface area contributed by atoms with E-state index in [1.165, 1.54) is 31.5 Å². The number of benzene rings is 2. The number of anilines is 2. The van der Waals surface area contributed by atoms with Crippen molar-refractivity contribution in [3.8, 4) is 5.75 Å². The van der Waals surface area contributed by atoms with Gasteiger partial charge in [0.25, 0.3) is 11.8 Å². The van der Waals surface area contributed by atoms with E-state index in [1.807, 2.05) is 0 Å². The first-order valence-corrected chi connectivity index (χ1v) is 11.7. The third kappa shape index (κ3) is 6.22. The number of amides is 2. The molecule has 0 aliphatic rings. The molecule has 226 valence electrons. The van der Waals surface area contributed by atoms with E-state index in [9.17, 15) is 49.1 Å². The highest BCUT2D eigenvalue weighted by atomic mass is 35.5. The number of pyridine rings is 1. The predicted molar refractivity (Wildman–Crippen MR) is 129 cm³/mol. The number of halogens is 11. The third-order valence-electron chi connectivity index (χ3n) is 5.69. The summed E-state index contributed by atoms with van der Waals surface area (Å²) in [4.78, 5) is 30.5. The number of rotatable bonds is 8. The van der Waals surface area contributed by atoms with Crippen LogP contribution in [-0.4, -0.2) is 42.3 Å². The van der Waals surface area contributed by atoms with Crippen LogP contribution < -0.4 is 15.0 Å². The molecule has 3 aromatic rings. The first kappa shape index (κ1) is 32.4. The summed E-state index contributed by atoms with van der Waals surface area (Å²) in [6.07, 6.45) is -10.6. The Kier molecular flexibility index (Phi) is 9.29. The fourth-order valence-electron chi connectivity index (χ4n) is 3.74. The maximum absolute atomic E-state index is 15.5. The number of carbonyl (C=O) groups excluding carboxylic acids is 2. The maximum atomic E-state index is 15.5. The van der Waals surface area contributed by atoms with Gasteiger partial charge in [-0.25, -0.2) is 8.78 Å². The zero-order chi connectivity index (χ0) is 31.6. The Morgan fingerprint density at radius 3 is 2.12 bits per heavy atom. The highest BCUT2D eigenvalue weighted by Gasteiger charge is 2.73. The van der Waals surface area contributed by atoms with E-state index in [2.05, 4.69) is 9.72 Å². The summed E-state index contributed by atoms with van der Waals surface area (Å²) < 4.78 is 139. The van der Waals surface area contributed by atoms with Crippen molar-refractivity contribution in [1.29, 1.82) is 0 Å². The summed E-state index contributed by atoms with van der Waals surface area (Å²) in [7, 11) is 0. The van der Waals surface area contributed by atoms with Gasteiger partial charge >= 0.3 is 24.6 Å². The third-order valence-corrected chi connectivity index (χ3v) is 5.99. The molecule has 0 fully saturated rings. The summed E-state index contributed by atoms with van der Waals surface area (Å²) in [6, 6.07) is 5.22. The number of hydrogen-bond acceptors (Lipinski definition) is 4. The van der Waals surface area contributed by atoms with Gasteiger partial charge in [-0.15, -0.1) is 0 Å². The Hall–Kier alpha value is -4.08. The monoisotopic (exact) mass is 631 g/mol. The fourth-order valence-corrected chi connectivity index (χ4v) is 3.99. The lowest BCUT2D eigenvalue weighted by molar-refractivity contribution is -0.348. The quantitative estimate of drug-likeness (QED) is 0.259. The maximum Gasteiger partial charge on any atom is 0.435 e. The predicted octanol–water partition coefficient (Wildman–Crippen LogP) is 7.68. The molecule has 0 unspecified atom stereocenters. The van der Waals surface area contributed by atoms with E-state index in [0.29, 0.717) is 0 Å². The Labute approximate surface area is 234 Å². The van der Waals surface area contributed by atoms with E-state index in [1.54, 1.807) is 5.32 Å². The van der Waals surface area contributed by atoms with Gasteiger partial charge in [0.05, 0.1) is 16.3 Å². The highest BCUT2D eigenvalue weighted by molar-refractivity contribution is 6.34. The van der Waals surface area contributed by atoms with Crippen LogP contribution in [0, 0.1) is 5.82 Å². The average Bonchev–Trinajstić information content (AvgIpc) is 2.90. The Bertz CT molecular complexity index is 1450. The van der Waals surface area contributed by atoms with Crippen molar-refractivity contribution >= 4 is 34.8 Å². The van der Waals surface area contributed by atoms with Crippen LogP contribution in [0.5, 0.6) is 5.75 Å². The molecule has 1 aromatic heterocycles. The number of alkyl halides is 9. The molecule has 3 rings (SSSR count). The van der Waals surface area contributed by atoms with Crippen LogP contribution in [0.1, 0.15) is 33.2 Å². The molecule has 1 heterocycles. The molecule has 0 saturated heterocycles. The minimum Gasteiger partial charge on any atom is -0.433 e. The van der Waals surface area contributed by atoms with E-state index >= 15 is 4.39 Å². The topological polar surface area (TPSA) is 71.5 Å². The number of nitrogens with zero attached hydrogens (tertiary/aromatic N) is 2. The SMILES string of the molecule is CCN(C(=O)c1ccncc1)c1cccc(C(=O)Nc2c(Cl)cc(C(F)(C(F)(F)F)C(F)(F)F)cc2OC(F)F)c1F. The molecule has 0 radical (unpaired) electrons. The number of carbonyl (C=O) groups is 2. The van der Waals surface area contributed by atoms with E-state index in [-0.39, 0.29) is 24.2 Å². The number of aromatic nitrogens is 1. The van der Waals surface area contributed by atoms with Crippen molar-refractivity contribution in [1.82, 2.24) is 4.98 Å². The first-order chi connectivity index (χ1) is 19.4. The van der Waals surface area contributed by atoms with Gasteiger partial charge in [-0.3, -0.25) is 14.6 Å². The molecular formula is C25H16ClF10N3O3. The number of ether oxygens (including phenoxy) is 1. The lowest BCUT2D eigenvalue weighted by Crippen LogP contribution is -2.50. The van der Waals surface area contributed by atoms with Crippen LogP contribution in [0.2, 0.25) is 5.02 Å². The molecule has 0 aliphatic carbocycles. The summed E-state index contributed by atoms with van der Waals surface area (Å²) in [5, 5.41) is 0.491.